The Balaban J connectivity index is 2.79. The molecule has 1 heterocycles. The summed E-state index contributed by atoms with van der Waals surface area (Å²) in [7, 11) is 0. The third-order valence-corrected chi connectivity index (χ3v) is 5.76. The molecule has 0 bridgehead atoms. The van der Waals surface area contributed by atoms with E-state index in [-0.39, 0.29) is 17.6 Å². The average molecular weight is 349 g/mol. The first-order chi connectivity index (χ1) is 11.5. The number of carbonyl (C=O) groups is 1. The van der Waals surface area contributed by atoms with Gasteiger partial charge in [-0.2, -0.15) is 0 Å². The summed E-state index contributed by atoms with van der Waals surface area (Å²) in [4.78, 5) is 12.0. The van der Waals surface area contributed by atoms with Gasteiger partial charge in [-0.1, -0.05) is 0 Å². The Labute approximate surface area is 151 Å². The van der Waals surface area contributed by atoms with Gasteiger partial charge in [-0.15, -0.1) is 0 Å². The van der Waals surface area contributed by atoms with Crippen LogP contribution in [0.15, 0.2) is 0 Å². The molecule has 1 unspecified atom stereocenters. The zero-order valence-electron chi connectivity index (χ0n) is 16.9. The van der Waals surface area contributed by atoms with E-state index < -0.39 is 0 Å². The summed E-state index contributed by atoms with van der Waals surface area (Å²) >= 11 is 0. The molecule has 1 atom stereocenters. The van der Waals surface area contributed by atoms with E-state index in [1.165, 1.54) is 0 Å². The number of amides is 1. The Hall–Kier alpha value is -1.75. The van der Waals surface area contributed by atoms with Gasteiger partial charge in [0.15, 0.2) is 0 Å². The zero-order valence-corrected chi connectivity index (χ0v) is 16.9. The lowest BCUT2D eigenvalue weighted by Gasteiger charge is -2.48. The summed E-state index contributed by atoms with van der Waals surface area (Å²) in [6, 6.07) is 0.0304. The van der Waals surface area contributed by atoms with Gasteiger partial charge in [0.05, 0.1) is 18.7 Å². The normalized spacial score (nSPS) is 19.1. The number of aromatic hydroxyl groups is 1. The van der Waals surface area contributed by atoms with Gasteiger partial charge in [0.25, 0.3) is 5.91 Å². The standard InChI is InChI=1S/C20H32N2O3/c1-9-22(10-2,21-15(6)23)16-11-20(7,8)25-19-13(4)12(3)18(24)14(5)17(16)19/h16H,9-11H2,1-8H3,(H-,21,23,24)/p+1. The lowest BCUT2D eigenvalue weighted by Crippen LogP contribution is -2.63. The maximum Gasteiger partial charge on any atom is 0.261 e. The summed E-state index contributed by atoms with van der Waals surface area (Å²) in [6.07, 6.45) is 0.769. The number of nitrogens with one attached hydrogen (secondary N) is 1. The number of phenolic OH excluding ortho intramolecular Hbond substituents is 1. The number of rotatable bonds is 4. The quantitative estimate of drug-likeness (QED) is 0.642. The molecular formula is C20H33N2O3+. The highest BCUT2D eigenvalue weighted by molar-refractivity contribution is 5.71. The highest BCUT2D eigenvalue weighted by Gasteiger charge is 2.48. The first-order valence-corrected chi connectivity index (χ1v) is 9.16. The van der Waals surface area contributed by atoms with Crippen molar-refractivity contribution in [2.75, 3.05) is 13.1 Å². The Morgan fingerprint density at radius 3 is 2.24 bits per heavy atom. The van der Waals surface area contributed by atoms with E-state index in [2.05, 4.69) is 33.1 Å². The van der Waals surface area contributed by atoms with Crippen LogP contribution >= 0.6 is 0 Å². The molecular weight excluding hydrogens is 316 g/mol. The lowest BCUT2D eigenvalue weighted by atomic mass is 9.83. The van der Waals surface area contributed by atoms with Crippen LogP contribution in [-0.4, -0.2) is 34.3 Å². The minimum atomic E-state index is -0.343. The molecule has 0 saturated heterocycles. The number of nitrogens with zero attached hydrogens (tertiary/aromatic N) is 1. The molecule has 0 spiro atoms. The molecule has 0 aliphatic carbocycles. The summed E-state index contributed by atoms with van der Waals surface area (Å²) in [5.74, 6) is 1.15. The minimum Gasteiger partial charge on any atom is -0.507 e. The topological polar surface area (TPSA) is 58.6 Å². The fraction of sp³-hybridized carbons (Fsp3) is 0.650. The van der Waals surface area contributed by atoms with Crippen molar-refractivity contribution in [2.45, 2.75) is 73.5 Å². The Morgan fingerprint density at radius 1 is 1.20 bits per heavy atom. The molecule has 0 aromatic heterocycles. The summed E-state index contributed by atoms with van der Waals surface area (Å²) in [6.45, 7) is 17.3. The van der Waals surface area contributed by atoms with Gasteiger partial charge in [0.1, 0.15) is 23.1 Å². The van der Waals surface area contributed by atoms with E-state index in [0.29, 0.717) is 10.3 Å². The Morgan fingerprint density at radius 2 is 1.76 bits per heavy atom. The molecule has 5 heteroatoms. The summed E-state index contributed by atoms with van der Waals surface area (Å²) in [5, 5.41) is 10.6. The number of phenols is 1. The number of carbonyl (C=O) groups excluding carboxylic acids is 1. The number of hydrogen-bond donors (Lipinski definition) is 2. The monoisotopic (exact) mass is 349 g/mol. The van der Waals surface area contributed by atoms with Crippen molar-refractivity contribution in [2.24, 2.45) is 0 Å². The molecule has 2 rings (SSSR count). The van der Waals surface area contributed by atoms with Crippen LogP contribution in [0, 0.1) is 20.8 Å². The summed E-state index contributed by atoms with van der Waals surface area (Å²) < 4.78 is 6.81. The van der Waals surface area contributed by atoms with E-state index in [9.17, 15) is 9.90 Å². The van der Waals surface area contributed by atoms with Crippen LogP contribution in [0.5, 0.6) is 11.5 Å². The fourth-order valence-electron chi connectivity index (χ4n) is 4.18. The first kappa shape index (κ1) is 19.6. The number of quaternary nitrogens is 1. The predicted octanol–water partition coefficient (Wildman–Crippen LogP) is 3.83. The highest BCUT2D eigenvalue weighted by Crippen LogP contribution is 2.50. The van der Waals surface area contributed by atoms with E-state index in [1.807, 2.05) is 20.8 Å². The van der Waals surface area contributed by atoms with Gasteiger partial charge in [-0.05, 0) is 59.6 Å². The maximum atomic E-state index is 12.0. The third-order valence-electron chi connectivity index (χ3n) is 5.76. The SMILES string of the molecule is CC[N+](CC)(NC(C)=O)C1CC(C)(C)Oc2c(C)c(C)c(O)c(C)c21. The lowest BCUT2D eigenvalue weighted by molar-refractivity contribution is -0.987. The molecule has 1 aromatic carbocycles. The second kappa shape index (κ2) is 6.52. The molecule has 1 amide bonds. The molecule has 1 aliphatic heterocycles. The van der Waals surface area contributed by atoms with E-state index in [0.717, 1.165) is 47.5 Å². The van der Waals surface area contributed by atoms with Crippen molar-refractivity contribution in [1.82, 2.24) is 5.43 Å². The van der Waals surface area contributed by atoms with Crippen molar-refractivity contribution in [3.05, 3.63) is 22.3 Å². The van der Waals surface area contributed by atoms with Gasteiger partial charge in [0.2, 0.25) is 0 Å². The molecule has 5 nitrogen and oxygen atoms in total. The maximum absolute atomic E-state index is 12.0. The second-order valence-corrected chi connectivity index (χ2v) is 7.88. The van der Waals surface area contributed by atoms with Crippen molar-refractivity contribution < 1.29 is 19.2 Å². The van der Waals surface area contributed by atoms with Crippen LogP contribution < -0.4 is 10.2 Å². The molecule has 2 N–H and O–H groups in total. The van der Waals surface area contributed by atoms with Crippen LogP contribution in [0.1, 0.15) is 69.3 Å². The molecule has 1 aliphatic rings. The van der Waals surface area contributed by atoms with Crippen LogP contribution in [0.4, 0.5) is 0 Å². The molecule has 1 aromatic rings. The largest absolute Gasteiger partial charge is 0.507 e. The smallest absolute Gasteiger partial charge is 0.261 e. The van der Waals surface area contributed by atoms with Crippen LogP contribution in [0.25, 0.3) is 0 Å². The van der Waals surface area contributed by atoms with Crippen LogP contribution in [0.2, 0.25) is 0 Å². The number of fused-ring (bicyclic) bond motifs is 1. The molecule has 0 fully saturated rings. The molecule has 0 radical (unpaired) electrons. The highest BCUT2D eigenvalue weighted by atomic mass is 16.5. The molecule has 25 heavy (non-hydrogen) atoms. The van der Waals surface area contributed by atoms with Crippen molar-refractivity contribution in [3.63, 3.8) is 0 Å². The van der Waals surface area contributed by atoms with Gasteiger partial charge in [-0.3, -0.25) is 4.79 Å². The zero-order chi connectivity index (χ0) is 19.2. The molecule has 0 saturated carbocycles. The van der Waals surface area contributed by atoms with Crippen LogP contribution in [-0.2, 0) is 4.79 Å². The van der Waals surface area contributed by atoms with Gasteiger partial charge >= 0.3 is 0 Å². The Kier molecular flexibility index (Phi) is 5.11. The van der Waals surface area contributed by atoms with E-state index in [4.69, 9.17) is 4.74 Å². The number of ether oxygens (including phenoxy) is 1. The van der Waals surface area contributed by atoms with Crippen molar-refractivity contribution in [3.8, 4) is 11.5 Å². The van der Waals surface area contributed by atoms with E-state index >= 15 is 0 Å². The van der Waals surface area contributed by atoms with Crippen molar-refractivity contribution >= 4 is 5.91 Å². The van der Waals surface area contributed by atoms with Gasteiger partial charge < -0.3 is 9.84 Å². The third kappa shape index (κ3) is 3.22. The minimum absolute atomic E-state index is 0.0304. The van der Waals surface area contributed by atoms with Crippen molar-refractivity contribution in [1.29, 1.82) is 0 Å². The second-order valence-electron chi connectivity index (χ2n) is 7.88. The number of hydrogen-bond acceptors (Lipinski definition) is 3. The Bertz CT molecular complexity index is 691. The van der Waals surface area contributed by atoms with Gasteiger partial charge in [0, 0.05) is 18.9 Å². The number of benzene rings is 1. The fourth-order valence-corrected chi connectivity index (χ4v) is 4.18. The van der Waals surface area contributed by atoms with Crippen LogP contribution in [0.3, 0.4) is 0 Å². The first-order valence-electron chi connectivity index (χ1n) is 9.16. The summed E-state index contributed by atoms with van der Waals surface area (Å²) in [5.41, 5.74) is 6.56. The molecule has 140 valence electrons. The average Bonchev–Trinajstić information content (AvgIpc) is 2.54. The van der Waals surface area contributed by atoms with Gasteiger partial charge in [-0.25, -0.2) is 10.0 Å². The van der Waals surface area contributed by atoms with E-state index in [1.54, 1.807) is 6.92 Å². The predicted molar refractivity (Wildman–Crippen MR) is 99.5 cm³/mol.